The highest BCUT2D eigenvalue weighted by Crippen LogP contribution is 2.52. The molecule has 94 valence electrons. The molecular weight excluding hydrogens is 194 g/mol. The minimum atomic E-state index is 0.370. The highest BCUT2D eigenvalue weighted by atomic mass is 15.2. The molecule has 1 saturated heterocycles. The van der Waals surface area contributed by atoms with Crippen LogP contribution in [0.15, 0.2) is 0 Å². The van der Waals surface area contributed by atoms with E-state index >= 15 is 0 Å². The predicted molar refractivity (Wildman–Crippen MR) is 70.6 cm³/mol. The third-order valence-electron chi connectivity index (χ3n) is 5.26. The number of rotatable bonds is 0. The van der Waals surface area contributed by atoms with Crippen molar-refractivity contribution in [1.82, 2.24) is 4.90 Å². The predicted octanol–water partition coefficient (Wildman–Crippen LogP) is 3.93. The van der Waals surface area contributed by atoms with E-state index in [-0.39, 0.29) is 0 Å². The van der Waals surface area contributed by atoms with Crippen LogP contribution in [-0.4, -0.2) is 23.5 Å². The van der Waals surface area contributed by atoms with Crippen LogP contribution in [0.3, 0.4) is 0 Å². The molecule has 0 aromatic carbocycles. The van der Waals surface area contributed by atoms with Crippen molar-refractivity contribution in [3.63, 3.8) is 0 Å². The Kier molecular flexibility index (Phi) is 3.11. The fraction of sp³-hybridized carbons (Fsp3) is 1.00. The minimum Gasteiger partial charge on any atom is -0.298 e. The van der Waals surface area contributed by atoms with Crippen molar-refractivity contribution < 1.29 is 0 Å². The van der Waals surface area contributed by atoms with Gasteiger partial charge in [-0.1, -0.05) is 13.8 Å². The van der Waals surface area contributed by atoms with Crippen molar-refractivity contribution in [2.45, 2.75) is 65.8 Å². The van der Waals surface area contributed by atoms with E-state index in [1.54, 1.807) is 0 Å². The second-order valence-corrected chi connectivity index (χ2v) is 7.47. The topological polar surface area (TPSA) is 3.24 Å². The average Bonchev–Trinajstić information content (AvgIpc) is 2.41. The van der Waals surface area contributed by atoms with Crippen molar-refractivity contribution in [1.29, 1.82) is 0 Å². The molecule has 1 aliphatic carbocycles. The normalized spacial score (nSPS) is 35.8. The van der Waals surface area contributed by atoms with Crippen molar-refractivity contribution in [3.05, 3.63) is 0 Å². The highest BCUT2D eigenvalue weighted by molar-refractivity contribution is 4.97. The molecule has 0 amide bonds. The smallest absolute Gasteiger partial charge is 0.0125 e. The Morgan fingerprint density at radius 3 is 2.00 bits per heavy atom. The lowest BCUT2D eigenvalue weighted by Gasteiger charge is -2.47. The summed E-state index contributed by atoms with van der Waals surface area (Å²) in [5.74, 6) is 1.93. The van der Waals surface area contributed by atoms with Crippen LogP contribution in [-0.2, 0) is 0 Å². The fourth-order valence-electron chi connectivity index (χ4n) is 4.15. The van der Waals surface area contributed by atoms with E-state index in [2.05, 4.69) is 39.5 Å². The van der Waals surface area contributed by atoms with Crippen LogP contribution in [0.5, 0.6) is 0 Å². The number of likely N-dealkylation sites (tertiary alicyclic amines) is 1. The second kappa shape index (κ2) is 4.01. The van der Waals surface area contributed by atoms with E-state index in [4.69, 9.17) is 0 Å². The number of nitrogens with zero attached hydrogens (tertiary/aromatic N) is 1. The minimum absolute atomic E-state index is 0.370. The summed E-state index contributed by atoms with van der Waals surface area (Å²) in [5, 5.41) is 0. The third-order valence-corrected chi connectivity index (χ3v) is 5.26. The van der Waals surface area contributed by atoms with Gasteiger partial charge in [-0.25, -0.2) is 0 Å². The van der Waals surface area contributed by atoms with E-state index in [0.29, 0.717) is 11.0 Å². The molecule has 0 aromatic rings. The highest BCUT2D eigenvalue weighted by Gasteiger charge is 2.45. The Bertz CT molecular complexity index is 243. The van der Waals surface area contributed by atoms with Crippen LogP contribution in [0.1, 0.15) is 60.3 Å². The Morgan fingerprint density at radius 2 is 1.62 bits per heavy atom. The van der Waals surface area contributed by atoms with E-state index in [9.17, 15) is 0 Å². The first-order valence-corrected chi connectivity index (χ1v) is 7.08. The standard InChI is InChI=1S/C15H29N/c1-12-10-13(2)15(11-12)6-8-16(9-7-15)14(3,4)5/h12-13H,6-11H2,1-5H3/t12-,13-/m1/s1. The van der Waals surface area contributed by atoms with Crippen molar-refractivity contribution in [2.75, 3.05) is 13.1 Å². The van der Waals surface area contributed by atoms with Crippen LogP contribution in [0, 0.1) is 17.3 Å². The Morgan fingerprint density at radius 1 is 1.06 bits per heavy atom. The molecule has 1 aliphatic heterocycles. The average molecular weight is 223 g/mol. The molecule has 0 N–H and O–H groups in total. The van der Waals surface area contributed by atoms with E-state index in [1.807, 2.05) is 0 Å². The molecule has 1 heterocycles. The van der Waals surface area contributed by atoms with E-state index in [0.717, 1.165) is 11.8 Å². The molecule has 0 radical (unpaired) electrons. The molecule has 2 rings (SSSR count). The van der Waals surface area contributed by atoms with Crippen molar-refractivity contribution in [3.8, 4) is 0 Å². The maximum absolute atomic E-state index is 2.67. The first-order valence-electron chi connectivity index (χ1n) is 7.08. The van der Waals surface area contributed by atoms with Gasteiger partial charge >= 0.3 is 0 Å². The summed E-state index contributed by atoms with van der Waals surface area (Å²) < 4.78 is 0. The van der Waals surface area contributed by atoms with Gasteiger partial charge in [-0.05, 0) is 76.8 Å². The number of hydrogen-bond acceptors (Lipinski definition) is 1. The van der Waals surface area contributed by atoms with Gasteiger partial charge in [0.05, 0.1) is 0 Å². The van der Waals surface area contributed by atoms with Gasteiger partial charge in [-0.15, -0.1) is 0 Å². The monoisotopic (exact) mass is 223 g/mol. The van der Waals surface area contributed by atoms with Gasteiger partial charge in [-0.3, -0.25) is 4.90 Å². The molecule has 1 saturated carbocycles. The van der Waals surface area contributed by atoms with Crippen LogP contribution in [0.25, 0.3) is 0 Å². The summed E-state index contributed by atoms with van der Waals surface area (Å²) in [5.41, 5.74) is 1.08. The molecule has 1 heteroatoms. The van der Waals surface area contributed by atoms with Gasteiger partial charge in [0.1, 0.15) is 0 Å². The number of hydrogen-bond donors (Lipinski definition) is 0. The molecule has 0 aromatic heterocycles. The number of piperidine rings is 1. The zero-order valence-electron chi connectivity index (χ0n) is 11.8. The molecular formula is C15H29N. The van der Waals surface area contributed by atoms with Crippen molar-refractivity contribution in [2.24, 2.45) is 17.3 Å². The van der Waals surface area contributed by atoms with Gasteiger partial charge in [0.2, 0.25) is 0 Å². The lowest BCUT2D eigenvalue weighted by atomic mass is 9.70. The molecule has 2 fully saturated rings. The Balaban J connectivity index is 1.99. The second-order valence-electron chi connectivity index (χ2n) is 7.47. The maximum Gasteiger partial charge on any atom is 0.0125 e. The summed E-state index contributed by atoms with van der Waals surface area (Å²) in [6, 6.07) is 0. The van der Waals surface area contributed by atoms with E-state index < -0.39 is 0 Å². The van der Waals surface area contributed by atoms with E-state index in [1.165, 1.54) is 38.8 Å². The Labute approximate surface area is 102 Å². The summed E-state index contributed by atoms with van der Waals surface area (Å²) >= 11 is 0. The summed E-state index contributed by atoms with van der Waals surface area (Å²) in [7, 11) is 0. The summed E-state index contributed by atoms with van der Waals surface area (Å²) in [6.45, 7) is 14.6. The fourth-order valence-corrected chi connectivity index (χ4v) is 4.15. The molecule has 1 nitrogen and oxygen atoms in total. The van der Waals surface area contributed by atoms with Gasteiger partial charge in [0.25, 0.3) is 0 Å². The quantitative estimate of drug-likeness (QED) is 0.601. The molecule has 2 atom stereocenters. The summed E-state index contributed by atoms with van der Waals surface area (Å²) in [4.78, 5) is 2.67. The van der Waals surface area contributed by atoms with Crippen LogP contribution in [0.2, 0.25) is 0 Å². The SMILES string of the molecule is C[C@@H]1C[C@@H](C)C2(CCN(C(C)(C)C)CC2)C1. The zero-order valence-corrected chi connectivity index (χ0v) is 11.8. The first kappa shape index (κ1) is 12.4. The molecule has 16 heavy (non-hydrogen) atoms. The van der Waals surface area contributed by atoms with Gasteiger partial charge in [0, 0.05) is 5.54 Å². The first-order chi connectivity index (χ1) is 7.33. The lowest BCUT2D eigenvalue weighted by molar-refractivity contribution is 0.0246. The molecule has 1 spiro atoms. The van der Waals surface area contributed by atoms with Gasteiger partial charge < -0.3 is 0 Å². The van der Waals surface area contributed by atoms with Crippen LogP contribution < -0.4 is 0 Å². The van der Waals surface area contributed by atoms with Crippen molar-refractivity contribution >= 4 is 0 Å². The summed E-state index contributed by atoms with van der Waals surface area (Å²) in [6.07, 6.45) is 5.84. The Hall–Kier alpha value is -0.0400. The largest absolute Gasteiger partial charge is 0.298 e. The van der Waals surface area contributed by atoms with Gasteiger partial charge in [-0.2, -0.15) is 0 Å². The molecule has 2 aliphatic rings. The maximum atomic E-state index is 2.67. The van der Waals surface area contributed by atoms with Crippen LogP contribution >= 0.6 is 0 Å². The lowest BCUT2D eigenvalue weighted by Crippen LogP contribution is -2.49. The third kappa shape index (κ3) is 2.16. The molecule has 0 bridgehead atoms. The molecule has 0 unspecified atom stereocenters. The zero-order chi connectivity index (χ0) is 12.0. The van der Waals surface area contributed by atoms with Gasteiger partial charge in [0.15, 0.2) is 0 Å². The van der Waals surface area contributed by atoms with Crippen LogP contribution in [0.4, 0.5) is 0 Å².